The summed E-state index contributed by atoms with van der Waals surface area (Å²) in [5.41, 5.74) is -0.665. The smallest absolute Gasteiger partial charge is 0.311 e. The number of carbonyl (C=O) groups is 2. The molecule has 0 radical (unpaired) electrons. The van der Waals surface area contributed by atoms with Crippen LogP contribution in [0.1, 0.15) is 45.1 Å². The summed E-state index contributed by atoms with van der Waals surface area (Å²) in [4.78, 5) is 24.3. The van der Waals surface area contributed by atoms with Crippen LogP contribution in [-0.4, -0.2) is 37.7 Å². The normalized spacial score (nSPS) is 15.4. The molecule has 1 aliphatic carbocycles. The molecule has 1 saturated carbocycles. The molecule has 25 heavy (non-hydrogen) atoms. The van der Waals surface area contributed by atoms with Crippen LogP contribution in [0, 0.1) is 5.41 Å². The summed E-state index contributed by atoms with van der Waals surface area (Å²) in [5.74, 6) is 0.202. The van der Waals surface area contributed by atoms with Gasteiger partial charge in [-0.3, -0.25) is 9.59 Å². The molecule has 1 amide bonds. The number of hydrogen-bond donors (Lipinski definition) is 2. The molecule has 1 aromatic rings. The van der Waals surface area contributed by atoms with Gasteiger partial charge in [-0.05, 0) is 43.4 Å². The van der Waals surface area contributed by atoms with Crippen LogP contribution in [0.25, 0.3) is 0 Å². The highest BCUT2D eigenvalue weighted by Crippen LogP contribution is 2.45. The van der Waals surface area contributed by atoms with Crippen molar-refractivity contribution in [3.8, 4) is 11.5 Å². The minimum absolute atomic E-state index is 0.141. The molecule has 1 fully saturated rings. The van der Waals surface area contributed by atoms with Crippen molar-refractivity contribution < 1.29 is 24.2 Å². The number of amides is 1. The van der Waals surface area contributed by atoms with Crippen LogP contribution in [0.5, 0.6) is 11.5 Å². The van der Waals surface area contributed by atoms with E-state index in [4.69, 9.17) is 9.47 Å². The number of methoxy groups -OCH3 is 2. The number of carboxylic acids is 1. The third-order valence-electron chi connectivity index (χ3n) is 5.47. The predicted molar refractivity (Wildman–Crippen MR) is 94.1 cm³/mol. The van der Waals surface area contributed by atoms with Gasteiger partial charge in [-0.1, -0.05) is 19.9 Å². The van der Waals surface area contributed by atoms with E-state index in [0.717, 1.165) is 5.56 Å². The van der Waals surface area contributed by atoms with Crippen LogP contribution < -0.4 is 14.8 Å². The molecular formula is C19H27NO5. The lowest BCUT2D eigenvalue weighted by Crippen LogP contribution is -2.46. The predicted octanol–water partition coefficient (Wildman–Crippen LogP) is 2.74. The molecule has 0 bridgehead atoms. The van der Waals surface area contributed by atoms with Crippen LogP contribution in [0.15, 0.2) is 18.2 Å². The Hall–Kier alpha value is -2.24. The van der Waals surface area contributed by atoms with Crippen LogP contribution in [0.2, 0.25) is 0 Å². The SMILES string of the molecule is CCC(CC)(C(=O)NCC1(C(=O)O)CC1)c1ccc(OC)c(OC)c1. The van der Waals surface area contributed by atoms with Crippen molar-refractivity contribution in [2.24, 2.45) is 5.41 Å². The first-order valence-electron chi connectivity index (χ1n) is 8.63. The summed E-state index contributed by atoms with van der Waals surface area (Å²) in [7, 11) is 3.13. The average molecular weight is 349 g/mol. The lowest BCUT2D eigenvalue weighted by atomic mass is 9.74. The zero-order chi connectivity index (χ0) is 18.7. The number of hydrogen-bond acceptors (Lipinski definition) is 4. The van der Waals surface area contributed by atoms with Gasteiger partial charge in [0.05, 0.1) is 25.0 Å². The van der Waals surface area contributed by atoms with Crippen molar-refractivity contribution in [3.05, 3.63) is 23.8 Å². The van der Waals surface area contributed by atoms with Crippen LogP contribution in [0.3, 0.4) is 0 Å². The van der Waals surface area contributed by atoms with Gasteiger partial charge >= 0.3 is 5.97 Å². The Morgan fingerprint density at radius 2 is 1.76 bits per heavy atom. The molecule has 138 valence electrons. The monoisotopic (exact) mass is 349 g/mol. The standard InChI is InChI=1S/C19H27NO5/c1-5-19(6-2,13-7-8-14(24-3)15(11-13)25-4)16(21)20-12-18(9-10-18)17(22)23/h7-8,11H,5-6,9-10,12H2,1-4H3,(H,20,21)(H,22,23). The highest BCUT2D eigenvalue weighted by atomic mass is 16.5. The zero-order valence-corrected chi connectivity index (χ0v) is 15.3. The maximum absolute atomic E-state index is 13.0. The fraction of sp³-hybridized carbons (Fsp3) is 0.579. The third kappa shape index (κ3) is 3.43. The highest BCUT2D eigenvalue weighted by molar-refractivity contribution is 5.89. The summed E-state index contributed by atoms with van der Waals surface area (Å²) >= 11 is 0. The number of ether oxygens (including phenoxy) is 2. The summed E-state index contributed by atoms with van der Waals surface area (Å²) in [6.45, 7) is 4.10. The molecule has 6 nitrogen and oxygen atoms in total. The van der Waals surface area contributed by atoms with Crippen molar-refractivity contribution in [3.63, 3.8) is 0 Å². The second-order valence-electron chi connectivity index (χ2n) is 6.63. The molecule has 0 spiro atoms. The molecule has 6 heteroatoms. The first-order valence-corrected chi connectivity index (χ1v) is 8.63. The molecule has 0 saturated heterocycles. The Morgan fingerprint density at radius 3 is 2.20 bits per heavy atom. The summed E-state index contributed by atoms with van der Waals surface area (Å²) in [5, 5.41) is 12.2. The van der Waals surface area contributed by atoms with Gasteiger partial charge in [-0.15, -0.1) is 0 Å². The maximum Gasteiger partial charge on any atom is 0.311 e. The van der Waals surface area contributed by atoms with E-state index in [1.165, 1.54) is 0 Å². The van der Waals surface area contributed by atoms with Gasteiger partial charge in [0, 0.05) is 6.54 Å². The van der Waals surface area contributed by atoms with Gasteiger partial charge in [0.1, 0.15) is 0 Å². The van der Waals surface area contributed by atoms with E-state index >= 15 is 0 Å². The van der Waals surface area contributed by atoms with E-state index in [0.29, 0.717) is 37.2 Å². The molecule has 2 rings (SSSR count). The zero-order valence-electron chi connectivity index (χ0n) is 15.3. The fourth-order valence-electron chi connectivity index (χ4n) is 3.28. The van der Waals surface area contributed by atoms with Crippen LogP contribution in [0.4, 0.5) is 0 Å². The number of nitrogens with one attached hydrogen (secondary N) is 1. The number of carbonyl (C=O) groups excluding carboxylic acids is 1. The summed E-state index contributed by atoms with van der Waals surface area (Å²) < 4.78 is 10.6. The van der Waals surface area contributed by atoms with Crippen molar-refractivity contribution in [1.82, 2.24) is 5.32 Å². The highest BCUT2D eigenvalue weighted by Gasteiger charge is 2.51. The lowest BCUT2D eigenvalue weighted by molar-refractivity contribution is -0.143. The molecule has 0 aromatic heterocycles. The second kappa shape index (κ2) is 7.33. The van der Waals surface area contributed by atoms with E-state index in [2.05, 4.69) is 5.32 Å². The number of aliphatic carboxylic acids is 1. The van der Waals surface area contributed by atoms with Gasteiger partial charge in [0.2, 0.25) is 5.91 Å². The summed E-state index contributed by atoms with van der Waals surface area (Å²) in [6.07, 6.45) is 2.43. The van der Waals surface area contributed by atoms with Gasteiger partial charge < -0.3 is 19.9 Å². The van der Waals surface area contributed by atoms with Crippen molar-refractivity contribution >= 4 is 11.9 Å². The molecule has 0 aliphatic heterocycles. The lowest BCUT2D eigenvalue weighted by Gasteiger charge is -2.32. The van der Waals surface area contributed by atoms with E-state index in [9.17, 15) is 14.7 Å². The van der Waals surface area contributed by atoms with Gasteiger partial charge in [0.15, 0.2) is 11.5 Å². The Labute approximate surface area is 148 Å². The molecule has 2 N–H and O–H groups in total. The van der Waals surface area contributed by atoms with Gasteiger partial charge in [-0.2, -0.15) is 0 Å². The molecule has 0 heterocycles. The van der Waals surface area contributed by atoms with E-state index < -0.39 is 16.8 Å². The molecular weight excluding hydrogens is 322 g/mol. The first-order chi connectivity index (χ1) is 11.9. The second-order valence-corrected chi connectivity index (χ2v) is 6.63. The molecule has 0 unspecified atom stereocenters. The van der Waals surface area contributed by atoms with Crippen LogP contribution >= 0.6 is 0 Å². The largest absolute Gasteiger partial charge is 0.493 e. The van der Waals surface area contributed by atoms with E-state index in [1.807, 2.05) is 26.0 Å². The van der Waals surface area contributed by atoms with Crippen molar-refractivity contribution in [2.45, 2.75) is 44.9 Å². The Morgan fingerprint density at radius 1 is 1.16 bits per heavy atom. The van der Waals surface area contributed by atoms with E-state index in [-0.39, 0.29) is 12.5 Å². The minimum atomic E-state index is -0.836. The minimum Gasteiger partial charge on any atom is -0.493 e. The Balaban J connectivity index is 2.28. The van der Waals surface area contributed by atoms with Crippen LogP contribution in [-0.2, 0) is 15.0 Å². The number of rotatable bonds is 9. The van der Waals surface area contributed by atoms with Crippen molar-refractivity contribution in [2.75, 3.05) is 20.8 Å². The number of benzene rings is 1. The van der Waals surface area contributed by atoms with Gasteiger partial charge in [0.25, 0.3) is 0 Å². The summed E-state index contributed by atoms with van der Waals surface area (Å²) in [6, 6.07) is 5.49. The van der Waals surface area contributed by atoms with E-state index in [1.54, 1.807) is 20.3 Å². The Kier molecular flexibility index (Phi) is 5.60. The Bertz CT molecular complexity index is 647. The maximum atomic E-state index is 13.0. The number of carboxylic acid groups (broad SMARTS) is 1. The quantitative estimate of drug-likeness (QED) is 0.716. The topological polar surface area (TPSA) is 84.9 Å². The molecule has 0 atom stereocenters. The van der Waals surface area contributed by atoms with Gasteiger partial charge in [-0.25, -0.2) is 0 Å². The molecule has 1 aromatic carbocycles. The first kappa shape index (κ1) is 19.1. The third-order valence-corrected chi connectivity index (χ3v) is 5.47. The molecule has 1 aliphatic rings. The fourth-order valence-corrected chi connectivity index (χ4v) is 3.28. The van der Waals surface area contributed by atoms with Crippen molar-refractivity contribution in [1.29, 1.82) is 0 Å². The average Bonchev–Trinajstić information content (AvgIpc) is 3.42.